The lowest BCUT2D eigenvalue weighted by molar-refractivity contribution is -0.128. The van der Waals surface area contributed by atoms with Gasteiger partial charge in [0.05, 0.1) is 0 Å². The molecule has 102 valence electrons. The van der Waals surface area contributed by atoms with Gasteiger partial charge in [0.1, 0.15) is 0 Å². The third-order valence-electron chi connectivity index (χ3n) is 3.96. The van der Waals surface area contributed by atoms with Gasteiger partial charge in [-0.25, -0.2) is 0 Å². The molecule has 1 aromatic rings. The Morgan fingerprint density at radius 1 is 1.26 bits per heavy atom. The standard InChI is InChI=1S/C15H20N2O2/c18-15(12-3-5-19-6-4-12)17-8-11-1-2-13-9-16-10-14(13)7-11/h1-2,7,12,16H,3-6,8-10H2,(H,17,18). The molecule has 4 heteroatoms. The van der Waals surface area contributed by atoms with Crippen LogP contribution in [0, 0.1) is 5.92 Å². The average molecular weight is 260 g/mol. The van der Waals surface area contributed by atoms with Gasteiger partial charge in [0.25, 0.3) is 0 Å². The lowest BCUT2D eigenvalue weighted by Crippen LogP contribution is -2.33. The molecule has 2 aliphatic rings. The third kappa shape index (κ3) is 2.96. The van der Waals surface area contributed by atoms with Crippen molar-refractivity contribution in [1.82, 2.24) is 10.6 Å². The normalized spacial score (nSPS) is 19.2. The SMILES string of the molecule is O=C(NCc1ccc2c(c1)CNC2)C1CCOCC1. The van der Waals surface area contributed by atoms with Crippen molar-refractivity contribution in [2.75, 3.05) is 13.2 Å². The van der Waals surface area contributed by atoms with E-state index >= 15 is 0 Å². The smallest absolute Gasteiger partial charge is 0.223 e. The zero-order chi connectivity index (χ0) is 13.1. The molecule has 0 saturated carbocycles. The van der Waals surface area contributed by atoms with Crippen LogP contribution in [0.5, 0.6) is 0 Å². The first-order valence-corrected chi connectivity index (χ1v) is 7.00. The summed E-state index contributed by atoms with van der Waals surface area (Å²) in [4.78, 5) is 12.0. The number of ether oxygens (including phenoxy) is 1. The molecule has 0 aromatic heterocycles. The molecule has 0 radical (unpaired) electrons. The highest BCUT2D eigenvalue weighted by Gasteiger charge is 2.21. The monoisotopic (exact) mass is 260 g/mol. The summed E-state index contributed by atoms with van der Waals surface area (Å²) in [5.74, 6) is 0.298. The van der Waals surface area contributed by atoms with Crippen molar-refractivity contribution in [2.45, 2.75) is 32.5 Å². The maximum atomic E-state index is 12.0. The number of fused-ring (bicyclic) bond motifs is 1. The van der Waals surface area contributed by atoms with Gasteiger partial charge in [-0.1, -0.05) is 18.2 Å². The number of carbonyl (C=O) groups excluding carboxylic acids is 1. The first-order chi connectivity index (χ1) is 9.33. The Bertz CT molecular complexity index is 467. The number of amides is 1. The number of nitrogens with one attached hydrogen (secondary N) is 2. The number of benzene rings is 1. The molecule has 0 atom stereocenters. The van der Waals surface area contributed by atoms with Crippen LogP contribution in [0.15, 0.2) is 18.2 Å². The summed E-state index contributed by atoms with van der Waals surface area (Å²) < 4.78 is 5.28. The van der Waals surface area contributed by atoms with Crippen LogP contribution in [0.3, 0.4) is 0 Å². The van der Waals surface area contributed by atoms with E-state index in [0.29, 0.717) is 19.8 Å². The molecular weight excluding hydrogens is 240 g/mol. The zero-order valence-electron chi connectivity index (χ0n) is 11.1. The summed E-state index contributed by atoms with van der Waals surface area (Å²) in [5.41, 5.74) is 3.92. The van der Waals surface area contributed by atoms with E-state index in [1.807, 2.05) is 0 Å². The lowest BCUT2D eigenvalue weighted by atomic mass is 9.99. The quantitative estimate of drug-likeness (QED) is 0.862. The van der Waals surface area contributed by atoms with Crippen LogP contribution < -0.4 is 10.6 Å². The number of carbonyl (C=O) groups is 1. The molecule has 2 N–H and O–H groups in total. The summed E-state index contributed by atoms with van der Waals surface area (Å²) in [7, 11) is 0. The fourth-order valence-corrected chi connectivity index (χ4v) is 2.75. The highest BCUT2D eigenvalue weighted by Crippen LogP contribution is 2.18. The highest BCUT2D eigenvalue weighted by atomic mass is 16.5. The van der Waals surface area contributed by atoms with Crippen molar-refractivity contribution in [3.63, 3.8) is 0 Å². The molecule has 0 unspecified atom stereocenters. The predicted octanol–water partition coefficient (Wildman–Crippen LogP) is 1.33. The summed E-state index contributed by atoms with van der Waals surface area (Å²) in [5, 5.41) is 6.38. The van der Waals surface area contributed by atoms with Crippen LogP contribution in [0.2, 0.25) is 0 Å². The molecule has 1 saturated heterocycles. The Balaban J connectivity index is 1.55. The van der Waals surface area contributed by atoms with Crippen LogP contribution in [-0.2, 0) is 29.2 Å². The van der Waals surface area contributed by atoms with Gasteiger partial charge in [-0.2, -0.15) is 0 Å². The largest absolute Gasteiger partial charge is 0.381 e. The van der Waals surface area contributed by atoms with Gasteiger partial charge in [0, 0.05) is 38.8 Å². The van der Waals surface area contributed by atoms with Crippen molar-refractivity contribution in [1.29, 1.82) is 0 Å². The Kier molecular flexibility index (Phi) is 3.80. The van der Waals surface area contributed by atoms with E-state index in [4.69, 9.17) is 4.74 Å². The second-order valence-corrected chi connectivity index (χ2v) is 5.31. The van der Waals surface area contributed by atoms with E-state index in [1.165, 1.54) is 16.7 Å². The van der Waals surface area contributed by atoms with Gasteiger partial charge < -0.3 is 15.4 Å². The molecule has 1 fully saturated rings. The summed E-state index contributed by atoms with van der Waals surface area (Å²) in [6.07, 6.45) is 1.69. The summed E-state index contributed by atoms with van der Waals surface area (Å²) in [6.45, 7) is 3.95. The van der Waals surface area contributed by atoms with Gasteiger partial charge >= 0.3 is 0 Å². The zero-order valence-corrected chi connectivity index (χ0v) is 11.1. The molecule has 0 spiro atoms. The first kappa shape index (κ1) is 12.6. The Hall–Kier alpha value is -1.39. The minimum Gasteiger partial charge on any atom is -0.381 e. The predicted molar refractivity (Wildman–Crippen MR) is 72.4 cm³/mol. The van der Waals surface area contributed by atoms with Crippen molar-refractivity contribution < 1.29 is 9.53 Å². The van der Waals surface area contributed by atoms with Crippen LogP contribution in [0.4, 0.5) is 0 Å². The van der Waals surface area contributed by atoms with Crippen LogP contribution in [0.25, 0.3) is 0 Å². The molecule has 19 heavy (non-hydrogen) atoms. The van der Waals surface area contributed by atoms with Gasteiger partial charge in [0.15, 0.2) is 0 Å². The van der Waals surface area contributed by atoms with Crippen molar-refractivity contribution in [2.24, 2.45) is 5.92 Å². The van der Waals surface area contributed by atoms with Crippen molar-refractivity contribution in [3.05, 3.63) is 34.9 Å². The highest BCUT2D eigenvalue weighted by molar-refractivity contribution is 5.78. The van der Waals surface area contributed by atoms with Gasteiger partial charge in [0.2, 0.25) is 5.91 Å². The molecule has 1 aromatic carbocycles. The Morgan fingerprint density at radius 2 is 2.05 bits per heavy atom. The van der Waals surface area contributed by atoms with E-state index in [9.17, 15) is 4.79 Å². The fourth-order valence-electron chi connectivity index (χ4n) is 2.75. The number of hydrogen-bond donors (Lipinski definition) is 2. The van der Waals surface area contributed by atoms with E-state index in [0.717, 1.165) is 25.9 Å². The van der Waals surface area contributed by atoms with Gasteiger partial charge in [-0.15, -0.1) is 0 Å². The van der Waals surface area contributed by atoms with E-state index in [-0.39, 0.29) is 11.8 Å². The van der Waals surface area contributed by atoms with E-state index in [1.54, 1.807) is 0 Å². The minimum atomic E-state index is 0.129. The summed E-state index contributed by atoms with van der Waals surface area (Å²) >= 11 is 0. The van der Waals surface area contributed by atoms with Gasteiger partial charge in [-0.05, 0) is 29.5 Å². The molecular formula is C15H20N2O2. The molecule has 0 bridgehead atoms. The van der Waals surface area contributed by atoms with E-state index < -0.39 is 0 Å². The average Bonchev–Trinajstić information content (AvgIpc) is 2.93. The minimum absolute atomic E-state index is 0.129. The Labute approximate surface area is 113 Å². The van der Waals surface area contributed by atoms with Crippen LogP contribution >= 0.6 is 0 Å². The van der Waals surface area contributed by atoms with Crippen molar-refractivity contribution in [3.8, 4) is 0 Å². The van der Waals surface area contributed by atoms with Crippen molar-refractivity contribution >= 4 is 5.91 Å². The lowest BCUT2D eigenvalue weighted by Gasteiger charge is -2.21. The molecule has 2 heterocycles. The number of hydrogen-bond acceptors (Lipinski definition) is 3. The molecule has 0 aliphatic carbocycles. The second kappa shape index (κ2) is 5.72. The van der Waals surface area contributed by atoms with E-state index in [2.05, 4.69) is 28.8 Å². The summed E-state index contributed by atoms with van der Waals surface area (Å²) in [6, 6.07) is 6.46. The Morgan fingerprint density at radius 3 is 2.89 bits per heavy atom. The van der Waals surface area contributed by atoms with Gasteiger partial charge in [-0.3, -0.25) is 4.79 Å². The van der Waals surface area contributed by atoms with Crippen LogP contribution in [-0.4, -0.2) is 19.1 Å². The fraction of sp³-hybridized carbons (Fsp3) is 0.533. The number of rotatable bonds is 3. The maximum absolute atomic E-state index is 12.0. The maximum Gasteiger partial charge on any atom is 0.223 e. The third-order valence-corrected chi connectivity index (χ3v) is 3.96. The molecule has 3 rings (SSSR count). The first-order valence-electron chi connectivity index (χ1n) is 7.00. The van der Waals surface area contributed by atoms with Crippen LogP contribution in [0.1, 0.15) is 29.5 Å². The topological polar surface area (TPSA) is 50.4 Å². The molecule has 4 nitrogen and oxygen atoms in total. The molecule has 1 amide bonds. The second-order valence-electron chi connectivity index (χ2n) is 5.31. The molecule has 2 aliphatic heterocycles.